The first-order chi connectivity index (χ1) is 9.99. The number of hydrogen-bond acceptors (Lipinski definition) is 4. The largest absolute Gasteiger partial charge is 0.370 e. The van der Waals surface area contributed by atoms with E-state index in [0.29, 0.717) is 12.1 Å². The molecule has 0 unspecified atom stereocenters. The molecule has 0 bridgehead atoms. The van der Waals surface area contributed by atoms with Gasteiger partial charge in [-0.2, -0.15) is 0 Å². The van der Waals surface area contributed by atoms with Crippen molar-refractivity contribution in [3.8, 4) is 0 Å². The van der Waals surface area contributed by atoms with Crippen molar-refractivity contribution in [1.82, 2.24) is 9.88 Å². The molecule has 0 aliphatic heterocycles. The van der Waals surface area contributed by atoms with Crippen molar-refractivity contribution in [2.75, 3.05) is 18.9 Å². The van der Waals surface area contributed by atoms with Crippen molar-refractivity contribution < 1.29 is 4.79 Å². The van der Waals surface area contributed by atoms with Gasteiger partial charge >= 0.3 is 0 Å². The first kappa shape index (κ1) is 16.0. The molecule has 112 valence electrons. The van der Waals surface area contributed by atoms with Gasteiger partial charge in [-0.1, -0.05) is 0 Å². The van der Waals surface area contributed by atoms with Crippen LogP contribution >= 0.6 is 27.3 Å². The quantitative estimate of drug-likeness (QED) is 0.870. The third-order valence-electron chi connectivity index (χ3n) is 2.92. The molecule has 0 saturated heterocycles. The van der Waals surface area contributed by atoms with E-state index in [4.69, 9.17) is 0 Å². The average molecular weight is 368 g/mol. The fourth-order valence-corrected chi connectivity index (χ4v) is 3.53. The van der Waals surface area contributed by atoms with E-state index in [1.807, 2.05) is 38.4 Å². The van der Waals surface area contributed by atoms with Crippen LogP contribution in [0.25, 0.3) is 0 Å². The summed E-state index contributed by atoms with van der Waals surface area (Å²) in [6.07, 6.45) is 0. The highest BCUT2D eigenvalue weighted by Gasteiger charge is 2.14. The Balaban J connectivity index is 2.14. The number of carbonyl (C=O) groups excluding carboxylic acids is 1. The topological polar surface area (TPSA) is 45.2 Å². The highest BCUT2D eigenvalue weighted by molar-refractivity contribution is 9.10. The van der Waals surface area contributed by atoms with Gasteiger partial charge in [-0.05, 0) is 48.0 Å². The minimum Gasteiger partial charge on any atom is -0.370 e. The van der Waals surface area contributed by atoms with Gasteiger partial charge in [-0.15, -0.1) is 11.3 Å². The summed E-state index contributed by atoms with van der Waals surface area (Å²) in [7, 11) is 1.82. The molecular weight excluding hydrogens is 350 g/mol. The molecule has 2 rings (SSSR count). The van der Waals surface area contributed by atoms with Crippen LogP contribution in [0.1, 0.15) is 27.9 Å². The van der Waals surface area contributed by atoms with Crippen molar-refractivity contribution >= 4 is 39.0 Å². The molecule has 0 radical (unpaired) electrons. The summed E-state index contributed by atoms with van der Waals surface area (Å²) in [5, 5.41) is 5.17. The lowest BCUT2D eigenvalue weighted by Gasteiger charge is -2.17. The number of nitrogens with zero attached hydrogens (tertiary/aromatic N) is 2. The van der Waals surface area contributed by atoms with Crippen LogP contribution in [0.3, 0.4) is 0 Å². The van der Waals surface area contributed by atoms with E-state index in [2.05, 4.69) is 26.2 Å². The normalized spacial score (nSPS) is 10.5. The van der Waals surface area contributed by atoms with Gasteiger partial charge in [-0.3, -0.25) is 4.79 Å². The third-order valence-corrected chi connectivity index (χ3v) is 4.60. The predicted molar refractivity (Wildman–Crippen MR) is 91.0 cm³/mol. The highest BCUT2D eigenvalue weighted by Crippen LogP contribution is 2.21. The Hall–Kier alpha value is -1.40. The molecule has 0 spiro atoms. The first-order valence-corrected chi connectivity index (χ1v) is 8.37. The van der Waals surface area contributed by atoms with E-state index in [1.165, 1.54) is 0 Å². The smallest absolute Gasteiger partial charge is 0.254 e. The Bertz CT molecular complexity index is 642. The Labute approximate surface area is 137 Å². The van der Waals surface area contributed by atoms with E-state index in [1.54, 1.807) is 22.3 Å². The molecule has 2 aromatic rings. The SMILES string of the molecule is CCNc1cc(C(=O)N(C)Cc2cc(Br)cs2)cc(C)n1. The van der Waals surface area contributed by atoms with Gasteiger partial charge < -0.3 is 10.2 Å². The van der Waals surface area contributed by atoms with Gasteiger partial charge in [0, 0.05) is 39.6 Å². The molecule has 0 atom stereocenters. The molecule has 2 aromatic heterocycles. The van der Waals surface area contributed by atoms with Crippen LogP contribution in [0.2, 0.25) is 0 Å². The summed E-state index contributed by atoms with van der Waals surface area (Å²) >= 11 is 5.07. The van der Waals surface area contributed by atoms with Crippen LogP contribution < -0.4 is 5.32 Å². The number of amides is 1. The molecular formula is C15H18BrN3OS. The zero-order valence-electron chi connectivity index (χ0n) is 12.3. The maximum atomic E-state index is 12.5. The number of hydrogen-bond donors (Lipinski definition) is 1. The molecule has 1 N–H and O–H groups in total. The standard InChI is InChI=1S/C15H18BrN3OS/c1-4-17-14-6-11(5-10(2)18-14)15(20)19(3)8-13-7-12(16)9-21-13/h5-7,9H,4,8H2,1-3H3,(H,17,18). The van der Waals surface area contributed by atoms with Crippen LogP contribution in [0.5, 0.6) is 0 Å². The van der Waals surface area contributed by atoms with Crippen LogP contribution in [0.15, 0.2) is 28.1 Å². The molecule has 0 saturated carbocycles. The summed E-state index contributed by atoms with van der Waals surface area (Å²) in [4.78, 5) is 19.8. The summed E-state index contributed by atoms with van der Waals surface area (Å²) in [5.74, 6) is 0.747. The number of aromatic nitrogens is 1. The summed E-state index contributed by atoms with van der Waals surface area (Å²) < 4.78 is 1.05. The highest BCUT2D eigenvalue weighted by atomic mass is 79.9. The molecule has 21 heavy (non-hydrogen) atoms. The number of carbonyl (C=O) groups is 1. The molecule has 6 heteroatoms. The molecule has 2 heterocycles. The summed E-state index contributed by atoms with van der Waals surface area (Å²) in [6, 6.07) is 5.67. The zero-order chi connectivity index (χ0) is 15.4. The van der Waals surface area contributed by atoms with Gasteiger partial charge in [-0.25, -0.2) is 4.98 Å². The molecule has 4 nitrogen and oxygen atoms in total. The van der Waals surface area contributed by atoms with Crippen LogP contribution in [-0.4, -0.2) is 29.4 Å². The number of nitrogens with one attached hydrogen (secondary N) is 1. The maximum Gasteiger partial charge on any atom is 0.254 e. The number of pyridine rings is 1. The van der Waals surface area contributed by atoms with E-state index < -0.39 is 0 Å². The van der Waals surface area contributed by atoms with Gasteiger partial charge in [0.05, 0.1) is 6.54 Å². The summed E-state index contributed by atoms with van der Waals surface area (Å²) in [6.45, 7) is 5.29. The second-order valence-corrected chi connectivity index (χ2v) is 6.72. The Morgan fingerprint density at radius 3 is 2.81 bits per heavy atom. The Morgan fingerprint density at radius 2 is 2.19 bits per heavy atom. The third kappa shape index (κ3) is 4.28. The van der Waals surface area contributed by atoms with Gasteiger partial charge in [0.25, 0.3) is 5.91 Å². The monoisotopic (exact) mass is 367 g/mol. The number of halogens is 1. The minimum absolute atomic E-state index is 0.00387. The molecule has 0 aliphatic carbocycles. The van der Waals surface area contributed by atoms with Gasteiger partial charge in [0.15, 0.2) is 0 Å². The van der Waals surface area contributed by atoms with Gasteiger partial charge in [0.1, 0.15) is 5.82 Å². The lowest BCUT2D eigenvalue weighted by atomic mass is 10.2. The van der Waals surface area contributed by atoms with Crippen molar-refractivity contribution in [1.29, 1.82) is 0 Å². The van der Waals surface area contributed by atoms with Gasteiger partial charge in [0.2, 0.25) is 0 Å². The van der Waals surface area contributed by atoms with E-state index >= 15 is 0 Å². The van der Waals surface area contributed by atoms with Crippen molar-refractivity contribution in [2.45, 2.75) is 20.4 Å². The second kappa shape index (κ2) is 7.04. The number of thiophene rings is 1. The fraction of sp³-hybridized carbons (Fsp3) is 0.333. The van der Waals surface area contributed by atoms with Crippen molar-refractivity contribution in [2.24, 2.45) is 0 Å². The molecule has 1 amide bonds. The molecule has 0 aliphatic rings. The lowest BCUT2D eigenvalue weighted by Crippen LogP contribution is -2.26. The number of aryl methyl sites for hydroxylation is 1. The van der Waals surface area contributed by atoms with Crippen molar-refractivity contribution in [3.63, 3.8) is 0 Å². The van der Waals surface area contributed by atoms with Crippen LogP contribution in [0.4, 0.5) is 5.82 Å². The van der Waals surface area contributed by atoms with E-state index in [9.17, 15) is 4.79 Å². The zero-order valence-corrected chi connectivity index (χ0v) is 14.7. The second-order valence-electron chi connectivity index (χ2n) is 4.81. The molecule has 0 fully saturated rings. The number of anilines is 1. The van der Waals surface area contributed by atoms with E-state index in [0.717, 1.165) is 27.4 Å². The number of rotatable bonds is 5. The Kier molecular flexibility index (Phi) is 5.36. The maximum absolute atomic E-state index is 12.5. The minimum atomic E-state index is 0.00387. The fourth-order valence-electron chi connectivity index (χ4n) is 2.03. The first-order valence-electron chi connectivity index (χ1n) is 6.70. The van der Waals surface area contributed by atoms with E-state index in [-0.39, 0.29) is 5.91 Å². The van der Waals surface area contributed by atoms with Crippen LogP contribution in [0, 0.1) is 6.92 Å². The summed E-state index contributed by atoms with van der Waals surface area (Å²) in [5.41, 5.74) is 1.50. The average Bonchev–Trinajstić information content (AvgIpc) is 2.83. The lowest BCUT2D eigenvalue weighted by molar-refractivity contribution is 0.0786. The molecule has 0 aromatic carbocycles. The Morgan fingerprint density at radius 1 is 1.43 bits per heavy atom. The van der Waals surface area contributed by atoms with Crippen molar-refractivity contribution in [3.05, 3.63) is 44.2 Å². The predicted octanol–water partition coefficient (Wildman–Crippen LogP) is 3.92. The van der Waals surface area contributed by atoms with Crippen LogP contribution in [-0.2, 0) is 6.54 Å².